The van der Waals surface area contributed by atoms with Gasteiger partial charge in [-0.05, 0) is 26.0 Å². The molecule has 3 heteroatoms. The van der Waals surface area contributed by atoms with Crippen molar-refractivity contribution in [3.8, 4) is 0 Å². The lowest BCUT2D eigenvalue weighted by Crippen LogP contribution is -2.21. The Kier molecular flexibility index (Phi) is 1.88. The molecule has 3 nitrogen and oxygen atoms in total. The van der Waals surface area contributed by atoms with Crippen molar-refractivity contribution in [2.24, 2.45) is 0 Å². The van der Waals surface area contributed by atoms with Crippen LogP contribution in [0.3, 0.4) is 0 Å². The van der Waals surface area contributed by atoms with E-state index in [2.05, 4.69) is 4.98 Å². The molecule has 0 radical (unpaired) electrons. The summed E-state index contributed by atoms with van der Waals surface area (Å²) in [7, 11) is 1.75. The Morgan fingerprint density at radius 2 is 2.14 bits per heavy atom. The van der Waals surface area contributed by atoms with E-state index in [1.807, 2.05) is 26.0 Å². The number of carbonyl (C=O) groups is 1. The molecule has 1 aromatic heterocycles. The summed E-state index contributed by atoms with van der Waals surface area (Å²) in [5.41, 5.74) is 2.77. The van der Waals surface area contributed by atoms with Crippen LogP contribution in [0.15, 0.2) is 23.9 Å². The van der Waals surface area contributed by atoms with E-state index in [9.17, 15) is 4.79 Å². The molecule has 0 saturated carbocycles. The Morgan fingerprint density at radius 1 is 1.43 bits per heavy atom. The number of carbonyl (C=O) groups excluding carboxylic acids is 1. The van der Waals surface area contributed by atoms with Crippen LogP contribution in [0.5, 0.6) is 0 Å². The van der Waals surface area contributed by atoms with Crippen molar-refractivity contribution < 1.29 is 4.79 Å². The van der Waals surface area contributed by atoms with Gasteiger partial charge in [-0.25, -0.2) is 4.98 Å². The van der Waals surface area contributed by atoms with Crippen molar-refractivity contribution in [3.05, 3.63) is 29.5 Å². The zero-order valence-corrected chi connectivity index (χ0v) is 8.53. The van der Waals surface area contributed by atoms with Gasteiger partial charge in [0.2, 0.25) is 0 Å². The number of hydrogen-bond acceptors (Lipinski definition) is 2. The van der Waals surface area contributed by atoms with Gasteiger partial charge < -0.3 is 0 Å². The molecule has 0 spiro atoms. The van der Waals surface area contributed by atoms with Crippen LogP contribution >= 0.6 is 0 Å². The van der Waals surface area contributed by atoms with Crippen LogP contribution in [0, 0.1) is 0 Å². The molecular weight excluding hydrogens is 176 g/mol. The fraction of sp³-hybridized carbons (Fsp3) is 0.273. The molecule has 0 bridgehead atoms. The minimum Gasteiger partial charge on any atom is -0.295 e. The van der Waals surface area contributed by atoms with Crippen molar-refractivity contribution in [1.29, 1.82) is 0 Å². The van der Waals surface area contributed by atoms with Crippen molar-refractivity contribution in [2.45, 2.75) is 13.8 Å². The molecule has 14 heavy (non-hydrogen) atoms. The summed E-state index contributed by atoms with van der Waals surface area (Å²) in [5, 5.41) is 0. The summed E-state index contributed by atoms with van der Waals surface area (Å²) in [6.07, 6.45) is 1.70. The van der Waals surface area contributed by atoms with E-state index in [4.69, 9.17) is 0 Å². The molecule has 0 N–H and O–H groups in total. The minimum absolute atomic E-state index is 0.0405. The van der Waals surface area contributed by atoms with Gasteiger partial charge in [0.15, 0.2) is 0 Å². The molecule has 0 aromatic carbocycles. The second-order valence-corrected chi connectivity index (χ2v) is 3.61. The van der Waals surface area contributed by atoms with Gasteiger partial charge in [-0.1, -0.05) is 5.57 Å². The predicted molar refractivity (Wildman–Crippen MR) is 55.9 cm³/mol. The van der Waals surface area contributed by atoms with Gasteiger partial charge in [-0.15, -0.1) is 0 Å². The van der Waals surface area contributed by atoms with Gasteiger partial charge in [-0.3, -0.25) is 9.69 Å². The van der Waals surface area contributed by atoms with Crippen LogP contribution in [0.1, 0.15) is 19.4 Å². The maximum absolute atomic E-state index is 11.8. The van der Waals surface area contributed by atoms with Crippen LogP contribution in [0.4, 0.5) is 5.82 Å². The van der Waals surface area contributed by atoms with E-state index in [1.54, 1.807) is 18.1 Å². The third-order valence-electron chi connectivity index (χ3n) is 2.39. The number of aromatic nitrogens is 1. The van der Waals surface area contributed by atoms with E-state index >= 15 is 0 Å². The third kappa shape index (κ3) is 1.05. The fourth-order valence-electron chi connectivity index (χ4n) is 1.72. The number of likely N-dealkylation sites (N-methyl/N-ethyl adjacent to an activating group) is 1. The Balaban J connectivity index is 2.72. The predicted octanol–water partition coefficient (Wildman–Crippen LogP) is 1.85. The third-order valence-corrected chi connectivity index (χ3v) is 2.39. The lowest BCUT2D eigenvalue weighted by atomic mass is 10.1. The van der Waals surface area contributed by atoms with Crippen molar-refractivity contribution in [3.63, 3.8) is 0 Å². The lowest BCUT2D eigenvalue weighted by molar-refractivity contribution is -0.112. The molecule has 2 heterocycles. The van der Waals surface area contributed by atoms with Gasteiger partial charge in [0.25, 0.3) is 5.91 Å². The highest BCUT2D eigenvalue weighted by atomic mass is 16.2. The maximum Gasteiger partial charge on any atom is 0.259 e. The first-order chi connectivity index (χ1) is 6.63. The molecule has 0 aliphatic carbocycles. The number of rotatable bonds is 0. The number of amides is 1. The standard InChI is InChI=1S/C11H12N2O/c1-7(2)9-8-5-4-6-12-10(8)13(3)11(9)14/h4-6H,1-3H3. The molecule has 0 unspecified atom stereocenters. The average molecular weight is 188 g/mol. The van der Waals surface area contributed by atoms with Crippen molar-refractivity contribution >= 4 is 17.3 Å². The van der Waals surface area contributed by atoms with E-state index in [1.165, 1.54) is 0 Å². The van der Waals surface area contributed by atoms with Crippen LogP contribution in [0.25, 0.3) is 5.57 Å². The highest BCUT2D eigenvalue weighted by molar-refractivity contribution is 6.32. The first-order valence-electron chi connectivity index (χ1n) is 4.54. The summed E-state index contributed by atoms with van der Waals surface area (Å²) >= 11 is 0. The fourth-order valence-corrected chi connectivity index (χ4v) is 1.72. The lowest BCUT2D eigenvalue weighted by Gasteiger charge is -2.06. The van der Waals surface area contributed by atoms with E-state index < -0.39 is 0 Å². The second-order valence-electron chi connectivity index (χ2n) is 3.61. The average Bonchev–Trinajstić information content (AvgIpc) is 2.41. The van der Waals surface area contributed by atoms with Crippen LogP contribution in [-0.2, 0) is 4.79 Å². The molecule has 72 valence electrons. The SMILES string of the molecule is CC(C)=C1C(=O)N(C)c2ncccc21. The van der Waals surface area contributed by atoms with Gasteiger partial charge >= 0.3 is 0 Å². The number of fused-ring (bicyclic) bond motifs is 1. The topological polar surface area (TPSA) is 33.2 Å². The molecule has 0 atom stereocenters. The van der Waals surface area contributed by atoms with E-state index in [0.717, 1.165) is 22.5 Å². The van der Waals surface area contributed by atoms with E-state index in [0.29, 0.717) is 0 Å². The quantitative estimate of drug-likeness (QED) is 0.582. The second kappa shape index (κ2) is 2.94. The number of hydrogen-bond donors (Lipinski definition) is 0. The van der Waals surface area contributed by atoms with E-state index in [-0.39, 0.29) is 5.91 Å². The molecule has 1 aromatic rings. The summed E-state index contributed by atoms with van der Waals surface area (Å²) in [5.74, 6) is 0.799. The highest BCUT2D eigenvalue weighted by Crippen LogP contribution is 2.35. The summed E-state index contributed by atoms with van der Waals surface area (Å²) in [4.78, 5) is 17.6. The first kappa shape index (κ1) is 8.94. The molecule has 2 rings (SSSR count). The Labute approximate surface area is 83.1 Å². The normalized spacial score (nSPS) is 14.6. The van der Waals surface area contributed by atoms with Gasteiger partial charge in [-0.2, -0.15) is 0 Å². The molecular formula is C11H12N2O. The van der Waals surface area contributed by atoms with Gasteiger partial charge in [0.05, 0.1) is 0 Å². The van der Waals surface area contributed by atoms with Crippen LogP contribution in [0.2, 0.25) is 0 Å². The smallest absolute Gasteiger partial charge is 0.259 e. The van der Waals surface area contributed by atoms with Gasteiger partial charge in [0, 0.05) is 24.4 Å². The number of anilines is 1. The van der Waals surface area contributed by atoms with Crippen molar-refractivity contribution in [1.82, 2.24) is 4.98 Å². The summed E-state index contributed by atoms with van der Waals surface area (Å²) < 4.78 is 0. The summed E-state index contributed by atoms with van der Waals surface area (Å²) in [6.45, 7) is 3.90. The molecule has 0 saturated heterocycles. The number of allylic oxidation sites excluding steroid dienone is 1. The number of pyridine rings is 1. The van der Waals surface area contributed by atoms with Crippen LogP contribution < -0.4 is 4.90 Å². The largest absolute Gasteiger partial charge is 0.295 e. The Bertz CT molecular complexity index is 431. The minimum atomic E-state index is 0.0405. The van der Waals surface area contributed by atoms with Crippen LogP contribution in [-0.4, -0.2) is 17.9 Å². The Hall–Kier alpha value is -1.64. The zero-order valence-electron chi connectivity index (χ0n) is 8.53. The maximum atomic E-state index is 11.8. The molecule has 1 aliphatic rings. The van der Waals surface area contributed by atoms with Crippen molar-refractivity contribution in [2.75, 3.05) is 11.9 Å². The Morgan fingerprint density at radius 3 is 2.79 bits per heavy atom. The molecule has 0 fully saturated rings. The molecule has 1 amide bonds. The van der Waals surface area contributed by atoms with Gasteiger partial charge in [0.1, 0.15) is 5.82 Å². The first-order valence-corrected chi connectivity index (χ1v) is 4.54. The highest BCUT2D eigenvalue weighted by Gasteiger charge is 2.30. The zero-order chi connectivity index (χ0) is 10.3. The molecule has 1 aliphatic heterocycles. The monoisotopic (exact) mass is 188 g/mol. The number of nitrogens with zero attached hydrogens (tertiary/aromatic N) is 2. The summed E-state index contributed by atoms with van der Waals surface area (Å²) in [6, 6.07) is 3.79.